The van der Waals surface area contributed by atoms with Crippen molar-refractivity contribution in [3.63, 3.8) is 0 Å². The number of urea groups is 1. The van der Waals surface area contributed by atoms with E-state index >= 15 is 0 Å². The number of nitrogens with zero attached hydrogens (tertiary/aromatic N) is 2. The van der Waals surface area contributed by atoms with Gasteiger partial charge in [-0.05, 0) is 12.8 Å². The third kappa shape index (κ3) is 3.46. The van der Waals surface area contributed by atoms with Crippen molar-refractivity contribution in [3.05, 3.63) is 0 Å². The number of hydrogen-bond donors (Lipinski definition) is 2. The normalized spacial score (nSPS) is 22.4. The van der Waals surface area contributed by atoms with Crippen LogP contribution >= 0.6 is 0 Å². The van der Waals surface area contributed by atoms with Gasteiger partial charge in [0.15, 0.2) is 0 Å². The van der Waals surface area contributed by atoms with Crippen molar-refractivity contribution in [2.45, 2.75) is 19.3 Å². The van der Waals surface area contributed by atoms with E-state index in [9.17, 15) is 23.1 Å². The molecule has 2 aliphatic rings. The number of amides is 2. The highest BCUT2D eigenvalue weighted by molar-refractivity contribution is 7.88. The van der Waals surface area contributed by atoms with E-state index in [1.807, 2.05) is 0 Å². The molecule has 1 aliphatic heterocycles. The average molecular weight is 319 g/mol. The maximum atomic E-state index is 12.0. The SMILES string of the molecule is CS(=O)(=O)N1CCN(C(=O)NCC2(C(=O)O)CCC2)CC1. The topological polar surface area (TPSA) is 107 Å². The zero-order chi connectivity index (χ0) is 15.7. The predicted octanol–water partition coefficient (Wildman–Crippen LogP) is -0.472. The van der Waals surface area contributed by atoms with Crippen LogP contribution in [-0.2, 0) is 14.8 Å². The van der Waals surface area contributed by atoms with Crippen LogP contribution in [0, 0.1) is 5.41 Å². The van der Waals surface area contributed by atoms with Crippen molar-refractivity contribution < 1.29 is 23.1 Å². The van der Waals surface area contributed by atoms with Crippen molar-refractivity contribution in [1.29, 1.82) is 0 Å². The first-order valence-electron chi connectivity index (χ1n) is 6.96. The largest absolute Gasteiger partial charge is 0.481 e. The van der Waals surface area contributed by atoms with Crippen LogP contribution in [0.4, 0.5) is 4.79 Å². The van der Waals surface area contributed by atoms with Gasteiger partial charge in [-0.25, -0.2) is 13.2 Å². The van der Waals surface area contributed by atoms with Crippen LogP contribution in [0.2, 0.25) is 0 Å². The number of aliphatic carboxylic acids is 1. The minimum atomic E-state index is -3.22. The number of carboxylic acids is 1. The summed E-state index contributed by atoms with van der Waals surface area (Å²) in [6, 6.07) is -0.323. The van der Waals surface area contributed by atoms with Crippen molar-refractivity contribution >= 4 is 22.0 Å². The van der Waals surface area contributed by atoms with Gasteiger partial charge >= 0.3 is 12.0 Å². The molecule has 2 rings (SSSR count). The molecule has 2 fully saturated rings. The molecule has 21 heavy (non-hydrogen) atoms. The first kappa shape index (κ1) is 16.0. The molecular weight excluding hydrogens is 298 g/mol. The highest BCUT2D eigenvalue weighted by atomic mass is 32.2. The van der Waals surface area contributed by atoms with Crippen molar-refractivity contribution in [2.24, 2.45) is 5.41 Å². The number of carbonyl (C=O) groups is 2. The Hall–Kier alpha value is -1.35. The number of nitrogens with one attached hydrogen (secondary N) is 1. The summed E-state index contributed by atoms with van der Waals surface area (Å²) < 4.78 is 24.1. The molecule has 9 heteroatoms. The Balaban J connectivity index is 1.82. The van der Waals surface area contributed by atoms with Crippen LogP contribution in [-0.4, -0.2) is 73.7 Å². The summed E-state index contributed by atoms with van der Waals surface area (Å²) in [4.78, 5) is 24.7. The molecule has 0 radical (unpaired) electrons. The Morgan fingerprint density at radius 2 is 1.76 bits per heavy atom. The number of hydrogen-bond acceptors (Lipinski definition) is 4. The lowest BCUT2D eigenvalue weighted by molar-refractivity contribution is -0.153. The minimum Gasteiger partial charge on any atom is -0.481 e. The molecule has 2 amide bonds. The molecule has 2 N–H and O–H groups in total. The summed E-state index contributed by atoms with van der Waals surface area (Å²) in [5.74, 6) is -0.865. The van der Waals surface area contributed by atoms with Crippen LogP contribution in [0.15, 0.2) is 0 Å². The Morgan fingerprint density at radius 1 is 1.19 bits per heavy atom. The lowest BCUT2D eigenvalue weighted by atomic mass is 9.69. The van der Waals surface area contributed by atoms with Crippen molar-refractivity contribution in [3.8, 4) is 0 Å². The number of carboxylic acid groups (broad SMARTS) is 1. The van der Waals surface area contributed by atoms with Gasteiger partial charge in [-0.2, -0.15) is 4.31 Å². The molecular formula is C12H21N3O5S. The fourth-order valence-electron chi connectivity index (χ4n) is 2.65. The van der Waals surface area contributed by atoms with Crippen LogP contribution in [0.5, 0.6) is 0 Å². The van der Waals surface area contributed by atoms with Crippen LogP contribution in [0.1, 0.15) is 19.3 Å². The summed E-state index contributed by atoms with van der Waals surface area (Å²) in [5, 5.41) is 11.9. The first-order chi connectivity index (χ1) is 9.74. The van der Waals surface area contributed by atoms with Crippen LogP contribution in [0.3, 0.4) is 0 Å². The molecule has 0 unspecified atom stereocenters. The predicted molar refractivity (Wildman–Crippen MR) is 75.3 cm³/mol. The fraction of sp³-hybridized carbons (Fsp3) is 0.833. The van der Waals surface area contributed by atoms with Crippen molar-refractivity contribution in [1.82, 2.24) is 14.5 Å². The fourth-order valence-corrected chi connectivity index (χ4v) is 3.48. The highest BCUT2D eigenvalue weighted by Crippen LogP contribution is 2.40. The van der Waals surface area contributed by atoms with E-state index in [0.29, 0.717) is 25.9 Å². The highest BCUT2D eigenvalue weighted by Gasteiger charge is 2.44. The smallest absolute Gasteiger partial charge is 0.317 e. The van der Waals surface area contributed by atoms with Gasteiger partial charge in [-0.15, -0.1) is 0 Å². The molecule has 0 aromatic rings. The maximum absolute atomic E-state index is 12.0. The summed E-state index contributed by atoms with van der Waals surface area (Å²) >= 11 is 0. The van der Waals surface area contributed by atoms with E-state index in [-0.39, 0.29) is 25.7 Å². The molecule has 8 nitrogen and oxygen atoms in total. The van der Waals surface area contributed by atoms with Gasteiger partial charge < -0.3 is 15.3 Å². The van der Waals surface area contributed by atoms with Gasteiger partial charge in [0, 0.05) is 32.7 Å². The second-order valence-corrected chi connectivity index (χ2v) is 7.73. The molecule has 1 aliphatic carbocycles. The number of carbonyl (C=O) groups excluding carboxylic acids is 1. The van der Waals surface area contributed by atoms with Gasteiger partial charge in [0.05, 0.1) is 11.7 Å². The molecule has 0 aromatic heterocycles. The summed E-state index contributed by atoms with van der Waals surface area (Å²) in [5.41, 5.74) is -0.815. The molecule has 0 atom stereocenters. The molecule has 1 heterocycles. The monoisotopic (exact) mass is 319 g/mol. The minimum absolute atomic E-state index is 0.132. The van der Waals surface area contributed by atoms with Gasteiger partial charge in [0.2, 0.25) is 10.0 Å². The van der Waals surface area contributed by atoms with E-state index in [1.54, 1.807) is 0 Å². The Morgan fingerprint density at radius 3 is 2.14 bits per heavy atom. The molecule has 120 valence electrons. The molecule has 1 saturated heterocycles. The van der Waals surface area contributed by atoms with Crippen LogP contribution in [0.25, 0.3) is 0 Å². The molecule has 1 saturated carbocycles. The summed E-state index contributed by atoms with van der Waals surface area (Å²) in [6.07, 6.45) is 3.19. The van der Waals surface area contributed by atoms with Gasteiger partial charge in [0.25, 0.3) is 0 Å². The number of rotatable bonds is 4. The quantitative estimate of drug-likeness (QED) is 0.728. The van der Waals surface area contributed by atoms with E-state index in [1.165, 1.54) is 9.21 Å². The van der Waals surface area contributed by atoms with E-state index in [0.717, 1.165) is 12.7 Å². The second kappa shape index (κ2) is 5.80. The van der Waals surface area contributed by atoms with Gasteiger partial charge in [-0.1, -0.05) is 6.42 Å². The van der Waals surface area contributed by atoms with Gasteiger partial charge in [-0.3, -0.25) is 4.79 Å². The zero-order valence-electron chi connectivity index (χ0n) is 12.0. The third-order valence-electron chi connectivity index (χ3n) is 4.34. The number of sulfonamides is 1. The zero-order valence-corrected chi connectivity index (χ0v) is 12.9. The maximum Gasteiger partial charge on any atom is 0.317 e. The first-order valence-corrected chi connectivity index (χ1v) is 8.81. The Kier molecular flexibility index (Phi) is 4.43. The molecule has 0 spiro atoms. The Bertz CT molecular complexity index is 521. The van der Waals surface area contributed by atoms with E-state index < -0.39 is 21.4 Å². The lowest BCUT2D eigenvalue weighted by Gasteiger charge is -2.39. The summed E-state index contributed by atoms with van der Waals surface area (Å²) in [6.45, 7) is 1.32. The average Bonchev–Trinajstić information content (AvgIpc) is 2.36. The lowest BCUT2D eigenvalue weighted by Crippen LogP contribution is -2.55. The second-order valence-electron chi connectivity index (χ2n) is 5.75. The van der Waals surface area contributed by atoms with Crippen LogP contribution < -0.4 is 5.32 Å². The van der Waals surface area contributed by atoms with E-state index in [2.05, 4.69) is 5.32 Å². The van der Waals surface area contributed by atoms with E-state index in [4.69, 9.17) is 0 Å². The van der Waals surface area contributed by atoms with Gasteiger partial charge in [0.1, 0.15) is 0 Å². The Labute approximate surface area is 124 Å². The van der Waals surface area contributed by atoms with Crippen molar-refractivity contribution in [2.75, 3.05) is 39.0 Å². The molecule has 0 aromatic carbocycles. The summed E-state index contributed by atoms with van der Waals surface area (Å²) in [7, 11) is -3.22. The molecule has 0 bridgehead atoms. The standard InChI is InChI=1S/C12H21N3O5S/c1-21(19,20)15-7-5-14(6-8-15)11(18)13-9-12(10(16)17)3-2-4-12/h2-9H2,1H3,(H,13,18)(H,16,17). The number of piperazine rings is 1. The third-order valence-corrected chi connectivity index (χ3v) is 5.64.